The lowest BCUT2D eigenvalue weighted by molar-refractivity contribution is 0.104. The second-order valence-corrected chi connectivity index (χ2v) is 7.55. The Morgan fingerprint density at radius 3 is 2.19 bits per heavy atom. The highest BCUT2D eigenvalue weighted by Crippen LogP contribution is 2.37. The molecule has 2 nitrogen and oxygen atoms in total. The summed E-state index contributed by atoms with van der Waals surface area (Å²) in [6.07, 6.45) is 1.65. The third-order valence-electron chi connectivity index (χ3n) is 4.25. The van der Waals surface area contributed by atoms with Crippen molar-refractivity contribution in [3.8, 4) is 0 Å². The van der Waals surface area contributed by atoms with Gasteiger partial charge in [0.05, 0.1) is 5.69 Å². The Morgan fingerprint density at radius 1 is 0.852 bits per heavy atom. The molecule has 0 spiro atoms. The lowest BCUT2D eigenvalue weighted by Gasteiger charge is -2.14. The van der Waals surface area contributed by atoms with Crippen LogP contribution in [0.4, 0.5) is 5.69 Å². The number of allylic oxidation sites excluding steroid dienone is 2. The van der Waals surface area contributed by atoms with E-state index in [0.717, 1.165) is 16.3 Å². The molecule has 0 fully saturated rings. The Bertz CT molecular complexity index is 956. The quantitative estimate of drug-likeness (QED) is 0.387. The molecule has 0 amide bonds. The summed E-state index contributed by atoms with van der Waals surface area (Å²) in [5.74, 6) is 0.000447. The number of hydrogen-bond acceptors (Lipinski definition) is 3. The fourth-order valence-electron chi connectivity index (χ4n) is 2.86. The summed E-state index contributed by atoms with van der Waals surface area (Å²) < 4.78 is 0. The van der Waals surface area contributed by atoms with Gasteiger partial charge in [0.15, 0.2) is 5.78 Å². The monoisotopic (exact) mass is 373 g/mol. The molecule has 0 aromatic heterocycles. The van der Waals surface area contributed by atoms with Crippen molar-refractivity contribution in [2.24, 2.45) is 0 Å². The van der Waals surface area contributed by atoms with Crippen LogP contribution >= 0.6 is 11.8 Å². The third kappa shape index (κ3) is 4.89. The number of carbonyl (C=O) groups excluding carboxylic acids is 1. The Balaban J connectivity index is 1.82. The number of anilines is 1. The Labute approximate surface area is 165 Å². The van der Waals surface area contributed by atoms with Gasteiger partial charge in [-0.1, -0.05) is 72.4 Å². The minimum absolute atomic E-state index is 0.000447. The van der Waals surface area contributed by atoms with Crippen LogP contribution in [0.1, 0.15) is 28.4 Å². The van der Waals surface area contributed by atoms with Crippen LogP contribution in [0.15, 0.2) is 94.4 Å². The van der Waals surface area contributed by atoms with Gasteiger partial charge in [0.2, 0.25) is 0 Å². The molecule has 1 N–H and O–H groups in total. The lowest BCUT2D eigenvalue weighted by atomic mass is 10.1. The van der Waals surface area contributed by atoms with Crippen LogP contribution in [0.5, 0.6) is 0 Å². The van der Waals surface area contributed by atoms with Crippen molar-refractivity contribution >= 4 is 23.2 Å². The molecule has 3 heteroatoms. The van der Waals surface area contributed by atoms with E-state index in [1.165, 1.54) is 16.0 Å². The maximum absolute atomic E-state index is 12.4. The molecule has 0 radical (unpaired) electrons. The molecular formula is C24H23NOS. The first-order valence-electron chi connectivity index (χ1n) is 8.92. The molecule has 3 aromatic carbocycles. The topological polar surface area (TPSA) is 29.1 Å². The molecular weight excluding hydrogens is 350 g/mol. The molecule has 0 aliphatic rings. The second kappa shape index (κ2) is 8.74. The van der Waals surface area contributed by atoms with Crippen LogP contribution in [-0.2, 0) is 0 Å². The summed E-state index contributed by atoms with van der Waals surface area (Å²) in [4.78, 5) is 14.8. The van der Waals surface area contributed by atoms with E-state index in [0.29, 0.717) is 5.56 Å². The largest absolute Gasteiger partial charge is 0.358 e. The molecule has 0 bridgehead atoms. The van der Waals surface area contributed by atoms with Gasteiger partial charge in [-0.05, 0) is 44.0 Å². The van der Waals surface area contributed by atoms with Gasteiger partial charge in [0.1, 0.15) is 0 Å². The van der Waals surface area contributed by atoms with Crippen LogP contribution in [0.3, 0.4) is 0 Å². The highest BCUT2D eigenvalue weighted by atomic mass is 32.2. The number of carbonyl (C=O) groups is 1. The van der Waals surface area contributed by atoms with Gasteiger partial charge in [-0.15, -0.1) is 0 Å². The van der Waals surface area contributed by atoms with E-state index >= 15 is 0 Å². The van der Waals surface area contributed by atoms with Gasteiger partial charge in [-0.25, -0.2) is 0 Å². The van der Waals surface area contributed by atoms with Crippen molar-refractivity contribution in [3.05, 3.63) is 101 Å². The molecule has 0 aliphatic carbocycles. The van der Waals surface area contributed by atoms with Crippen molar-refractivity contribution < 1.29 is 4.79 Å². The number of ketones is 1. The number of aryl methyl sites for hydroxylation is 2. The smallest absolute Gasteiger partial charge is 0.187 e. The number of hydrogen-bond donors (Lipinski definition) is 1. The van der Waals surface area contributed by atoms with E-state index in [2.05, 4.69) is 43.4 Å². The fourth-order valence-corrected chi connectivity index (χ4v) is 3.91. The molecule has 27 heavy (non-hydrogen) atoms. The number of benzene rings is 3. The first kappa shape index (κ1) is 19.0. The zero-order chi connectivity index (χ0) is 19.2. The van der Waals surface area contributed by atoms with Crippen molar-refractivity contribution in [2.45, 2.75) is 30.6 Å². The summed E-state index contributed by atoms with van der Waals surface area (Å²) in [5, 5.41) is 3.39. The molecule has 0 saturated carbocycles. The van der Waals surface area contributed by atoms with Crippen LogP contribution < -0.4 is 5.32 Å². The molecule has 0 saturated heterocycles. The number of nitrogens with one attached hydrogen (secondary N) is 1. The van der Waals surface area contributed by atoms with Crippen LogP contribution in [0.25, 0.3) is 0 Å². The van der Waals surface area contributed by atoms with Crippen LogP contribution in [0, 0.1) is 13.8 Å². The Kier molecular flexibility index (Phi) is 6.15. The standard InChI is InChI=1S/C24H23NOS/c1-17-10-9-11-18(2)24(17)27-23-15-8-7-14-21(23)25-19(3)16-22(26)20-12-5-4-6-13-20/h4-16,25H,1-3H3. The van der Waals surface area contributed by atoms with E-state index < -0.39 is 0 Å². The number of para-hydroxylation sites is 1. The third-order valence-corrected chi connectivity index (χ3v) is 5.67. The first-order valence-corrected chi connectivity index (χ1v) is 9.74. The molecule has 0 unspecified atom stereocenters. The average molecular weight is 374 g/mol. The highest BCUT2D eigenvalue weighted by Gasteiger charge is 2.09. The van der Waals surface area contributed by atoms with Gasteiger partial charge in [-0.2, -0.15) is 0 Å². The minimum Gasteiger partial charge on any atom is -0.358 e. The summed E-state index contributed by atoms with van der Waals surface area (Å²) in [5.41, 5.74) is 5.04. The number of rotatable bonds is 6. The molecule has 3 rings (SSSR count). The van der Waals surface area contributed by atoms with Gasteiger partial charge in [0, 0.05) is 27.1 Å². The van der Waals surface area contributed by atoms with Gasteiger partial charge < -0.3 is 5.32 Å². The summed E-state index contributed by atoms with van der Waals surface area (Å²) in [6, 6.07) is 23.9. The van der Waals surface area contributed by atoms with E-state index in [-0.39, 0.29) is 5.78 Å². The fraction of sp³-hybridized carbons (Fsp3) is 0.125. The molecule has 0 atom stereocenters. The summed E-state index contributed by atoms with van der Waals surface area (Å²) in [6.45, 7) is 6.19. The summed E-state index contributed by atoms with van der Waals surface area (Å²) >= 11 is 1.75. The molecule has 3 aromatic rings. The lowest BCUT2D eigenvalue weighted by Crippen LogP contribution is -2.02. The Morgan fingerprint density at radius 2 is 1.48 bits per heavy atom. The van der Waals surface area contributed by atoms with Crippen LogP contribution in [0.2, 0.25) is 0 Å². The van der Waals surface area contributed by atoms with E-state index in [9.17, 15) is 4.79 Å². The summed E-state index contributed by atoms with van der Waals surface area (Å²) in [7, 11) is 0. The molecule has 136 valence electrons. The second-order valence-electron chi connectivity index (χ2n) is 6.50. The van der Waals surface area contributed by atoms with Crippen molar-refractivity contribution in [2.75, 3.05) is 5.32 Å². The average Bonchev–Trinajstić information content (AvgIpc) is 2.66. The maximum atomic E-state index is 12.4. The predicted octanol–water partition coefficient (Wildman–Crippen LogP) is 6.65. The highest BCUT2D eigenvalue weighted by molar-refractivity contribution is 7.99. The first-order chi connectivity index (χ1) is 13.0. The van der Waals surface area contributed by atoms with Crippen molar-refractivity contribution in [1.29, 1.82) is 0 Å². The zero-order valence-electron chi connectivity index (χ0n) is 15.8. The van der Waals surface area contributed by atoms with Gasteiger partial charge in [-0.3, -0.25) is 4.79 Å². The van der Waals surface area contributed by atoms with Gasteiger partial charge in [0.25, 0.3) is 0 Å². The van der Waals surface area contributed by atoms with E-state index in [1.807, 2.05) is 55.5 Å². The van der Waals surface area contributed by atoms with Crippen molar-refractivity contribution in [1.82, 2.24) is 0 Å². The van der Waals surface area contributed by atoms with E-state index in [1.54, 1.807) is 17.8 Å². The SMILES string of the molecule is CC(=CC(=O)c1ccccc1)Nc1ccccc1Sc1c(C)cccc1C. The molecule has 0 heterocycles. The van der Waals surface area contributed by atoms with Gasteiger partial charge >= 0.3 is 0 Å². The zero-order valence-corrected chi connectivity index (χ0v) is 16.6. The Hall–Kier alpha value is -2.78. The van der Waals surface area contributed by atoms with Crippen molar-refractivity contribution in [3.63, 3.8) is 0 Å². The predicted molar refractivity (Wildman–Crippen MR) is 115 cm³/mol. The normalized spacial score (nSPS) is 11.3. The van der Waals surface area contributed by atoms with Crippen LogP contribution in [-0.4, -0.2) is 5.78 Å². The van der Waals surface area contributed by atoms with E-state index in [4.69, 9.17) is 0 Å². The maximum Gasteiger partial charge on any atom is 0.187 e. The molecule has 0 aliphatic heterocycles. The minimum atomic E-state index is 0.000447.